The molecule has 2 unspecified atom stereocenters. The maximum Gasteiger partial charge on any atom is 0.0613 e. The number of aliphatic hydroxyl groups excluding tert-OH is 1. The summed E-state index contributed by atoms with van der Waals surface area (Å²) in [5.74, 6) is 0.767. The Labute approximate surface area is 106 Å². The van der Waals surface area contributed by atoms with E-state index in [1.54, 1.807) is 0 Å². The van der Waals surface area contributed by atoms with E-state index in [4.69, 9.17) is 0 Å². The molecule has 0 spiro atoms. The van der Waals surface area contributed by atoms with Gasteiger partial charge in [0.2, 0.25) is 0 Å². The van der Waals surface area contributed by atoms with Gasteiger partial charge < -0.3 is 15.3 Å². The van der Waals surface area contributed by atoms with Crippen molar-refractivity contribution in [3.05, 3.63) is 0 Å². The van der Waals surface area contributed by atoms with Crippen molar-refractivity contribution in [1.29, 1.82) is 0 Å². The third-order valence-electron chi connectivity index (χ3n) is 4.59. The first-order chi connectivity index (χ1) is 8.15. The molecule has 100 valence electrons. The molecule has 2 saturated heterocycles. The predicted molar refractivity (Wildman–Crippen MR) is 71.1 cm³/mol. The Hall–Kier alpha value is -0.120. The first-order valence-corrected chi connectivity index (χ1v) is 7.25. The molecule has 3 nitrogen and oxygen atoms in total. The molecule has 0 aliphatic carbocycles. The molecule has 2 fully saturated rings. The fraction of sp³-hybridized carbons (Fsp3) is 1.00. The number of nitrogens with one attached hydrogen (secondary N) is 1. The minimum Gasteiger partial charge on any atom is -0.394 e. The van der Waals surface area contributed by atoms with Crippen LogP contribution in [0.3, 0.4) is 0 Å². The van der Waals surface area contributed by atoms with E-state index >= 15 is 0 Å². The summed E-state index contributed by atoms with van der Waals surface area (Å²) in [7, 11) is 0. The standard InChI is InChI=1S/C14H28N2O/c1-12(2)16-8-3-5-13(10-16)9-14(11-17)6-4-7-15-14/h12-13,15,17H,3-11H2,1-2H3. The fourth-order valence-electron chi connectivity index (χ4n) is 3.53. The average Bonchev–Trinajstić information content (AvgIpc) is 2.78. The van der Waals surface area contributed by atoms with Gasteiger partial charge in [-0.05, 0) is 65.0 Å². The lowest BCUT2D eigenvalue weighted by molar-refractivity contribution is 0.0931. The summed E-state index contributed by atoms with van der Waals surface area (Å²) in [4.78, 5) is 2.59. The van der Waals surface area contributed by atoms with E-state index in [2.05, 4.69) is 24.1 Å². The SMILES string of the molecule is CC(C)N1CCCC(CC2(CO)CCCN2)C1. The lowest BCUT2D eigenvalue weighted by Crippen LogP contribution is -2.48. The second-order valence-electron chi connectivity index (χ2n) is 6.27. The molecular formula is C14H28N2O. The van der Waals surface area contributed by atoms with Gasteiger partial charge in [0.15, 0.2) is 0 Å². The number of piperidine rings is 1. The highest BCUT2D eigenvalue weighted by atomic mass is 16.3. The molecule has 2 atom stereocenters. The summed E-state index contributed by atoms with van der Waals surface area (Å²) in [5.41, 5.74) is 0.0463. The van der Waals surface area contributed by atoms with E-state index in [0.29, 0.717) is 12.6 Å². The third kappa shape index (κ3) is 3.21. The maximum absolute atomic E-state index is 9.65. The molecule has 0 aromatic heterocycles. The van der Waals surface area contributed by atoms with Gasteiger partial charge in [0.25, 0.3) is 0 Å². The van der Waals surface area contributed by atoms with Crippen LogP contribution in [0.15, 0.2) is 0 Å². The predicted octanol–water partition coefficient (Wildman–Crippen LogP) is 1.61. The van der Waals surface area contributed by atoms with Crippen molar-refractivity contribution in [2.75, 3.05) is 26.2 Å². The monoisotopic (exact) mass is 240 g/mol. The molecule has 2 N–H and O–H groups in total. The summed E-state index contributed by atoms with van der Waals surface area (Å²) in [6, 6.07) is 0.666. The molecule has 3 heteroatoms. The van der Waals surface area contributed by atoms with Crippen molar-refractivity contribution in [2.45, 2.75) is 57.5 Å². The van der Waals surface area contributed by atoms with Crippen LogP contribution in [0, 0.1) is 5.92 Å². The van der Waals surface area contributed by atoms with Crippen molar-refractivity contribution >= 4 is 0 Å². The quantitative estimate of drug-likeness (QED) is 0.784. The summed E-state index contributed by atoms with van der Waals surface area (Å²) in [5, 5.41) is 13.2. The van der Waals surface area contributed by atoms with Crippen LogP contribution < -0.4 is 5.32 Å². The highest BCUT2D eigenvalue weighted by Crippen LogP contribution is 2.31. The van der Waals surface area contributed by atoms with Gasteiger partial charge in [0.05, 0.1) is 6.61 Å². The average molecular weight is 240 g/mol. The molecule has 0 saturated carbocycles. The van der Waals surface area contributed by atoms with Crippen molar-refractivity contribution in [3.8, 4) is 0 Å². The minimum absolute atomic E-state index is 0.0463. The van der Waals surface area contributed by atoms with Crippen LogP contribution in [-0.4, -0.2) is 47.8 Å². The van der Waals surface area contributed by atoms with Gasteiger partial charge in [-0.15, -0.1) is 0 Å². The molecular weight excluding hydrogens is 212 g/mol. The molecule has 2 heterocycles. The highest BCUT2D eigenvalue weighted by Gasteiger charge is 2.36. The molecule has 0 amide bonds. The van der Waals surface area contributed by atoms with Crippen LogP contribution in [0.25, 0.3) is 0 Å². The number of hydrogen-bond donors (Lipinski definition) is 2. The normalized spacial score (nSPS) is 35.6. The van der Waals surface area contributed by atoms with Crippen molar-refractivity contribution in [3.63, 3.8) is 0 Å². The molecule has 0 bridgehead atoms. The van der Waals surface area contributed by atoms with E-state index in [1.807, 2.05) is 0 Å². The summed E-state index contributed by atoms with van der Waals surface area (Å²) in [6.07, 6.45) is 6.20. The van der Waals surface area contributed by atoms with Gasteiger partial charge in [0, 0.05) is 18.1 Å². The Morgan fingerprint density at radius 1 is 1.41 bits per heavy atom. The number of rotatable bonds is 4. The number of likely N-dealkylation sites (tertiary alicyclic amines) is 1. The van der Waals surface area contributed by atoms with Crippen LogP contribution >= 0.6 is 0 Å². The molecule has 0 aromatic rings. The summed E-state index contributed by atoms with van der Waals surface area (Å²) < 4.78 is 0. The second-order valence-corrected chi connectivity index (χ2v) is 6.27. The van der Waals surface area contributed by atoms with Gasteiger partial charge >= 0.3 is 0 Å². The summed E-state index contributed by atoms with van der Waals surface area (Å²) >= 11 is 0. The van der Waals surface area contributed by atoms with Crippen LogP contribution in [0.1, 0.15) is 46.0 Å². The molecule has 2 aliphatic heterocycles. The fourth-order valence-corrected chi connectivity index (χ4v) is 3.53. The Bertz CT molecular complexity index is 236. The molecule has 2 rings (SSSR count). The molecule has 2 aliphatic rings. The third-order valence-corrected chi connectivity index (χ3v) is 4.59. The van der Waals surface area contributed by atoms with Crippen LogP contribution in [0.2, 0.25) is 0 Å². The van der Waals surface area contributed by atoms with Crippen molar-refractivity contribution < 1.29 is 5.11 Å². The first-order valence-electron chi connectivity index (χ1n) is 7.25. The second kappa shape index (κ2) is 5.68. The number of nitrogens with zero attached hydrogens (tertiary/aromatic N) is 1. The molecule has 0 radical (unpaired) electrons. The maximum atomic E-state index is 9.65. The zero-order valence-corrected chi connectivity index (χ0v) is 11.4. The van der Waals surface area contributed by atoms with Crippen molar-refractivity contribution in [2.24, 2.45) is 5.92 Å². The molecule has 17 heavy (non-hydrogen) atoms. The largest absolute Gasteiger partial charge is 0.394 e. The first kappa shape index (κ1) is 13.3. The Kier molecular flexibility index (Phi) is 4.45. The van der Waals surface area contributed by atoms with Crippen molar-refractivity contribution in [1.82, 2.24) is 10.2 Å². The van der Waals surface area contributed by atoms with Gasteiger partial charge in [-0.1, -0.05) is 0 Å². The summed E-state index contributed by atoms with van der Waals surface area (Å²) in [6.45, 7) is 8.46. The van der Waals surface area contributed by atoms with Gasteiger partial charge in [-0.2, -0.15) is 0 Å². The van der Waals surface area contributed by atoms with E-state index in [1.165, 1.54) is 32.4 Å². The van der Waals surface area contributed by atoms with Gasteiger partial charge in [0.1, 0.15) is 0 Å². The van der Waals surface area contributed by atoms with E-state index in [-0.39, 0.29) is 5.54 Å². The molecule has 0 aromatic carbocycles. The van der Waals surface area contributed by atoms with E-state index < -0.39 is 0 Å². The van der Waals surface area contributed by atoms with Gasteiger partial charge in [-0.25, -0.2) is 0 Å². The van der Waals surface area contributed by atoms with E-state index in [9.17, 15) is 5.11 Å². The van der Waals surface area contributed by atoms with E-state index in [0.717, 1.165) is 25.3 Å². The Morgan fingerprint density at radius 2 is 2.24 bits per heavy atom. The Morgan fingerprint density at radius 3 is 2.82 bits per heavy atom. The minimum atomic E-state index is 0.0463. The van der Waals surface area contributed by atoms with Crippen LogP contribution in [0.5, 0.6) is 0 Å². The highest BCUT2D eigenvalue weighted by molar-refractivity contribution is 4.95. The Balaban J connectivity index is 1.89. The van der Waals surface area contributed by atoms with Gasteiger partial charge in [-0.3, -0.25) is 0 Å². The number of aliphatic hydroxyl groups is 1. The topological polar surface area (TPSA) is 35.5 Å². The smallest absolute Gasteiger partial charge is 0.0613 e. The zero-order valence-electron chi connectivity index (χ0n) is 11.4. The lowest BCUT2D eigenvalue weighted by atomic mass is 9.82. The zero-order chi connectivity index (χ0) is 12.3. The van der Waals surface area contributed by atoms with Crippen LogP contribution in [0.4, 0.5) is 0 Å². The van der Waals surface area contributed by atoms with Crippen LogP contribution in [-0.2, 0) is 0 Å². The lowest BCUT2D eigenvalue weighted by Gasteiger charge is -2.39. The number of hydrogen-bond acceptors (Lipinski definition) is 3.